The van der Waals surface area contributed by atoms with Crippen LogP contribution in [0, 0.1) is 6.92 Å². The van der Waals surface area contributed by atoms with Gasteiger partial charge in [0.15, 0.2) is 0 Å². The van der Waals surface area contributed by atoms with Gasteiger partial charge in [-0.15, -0.1) is 5.10 Å². The second-order valence-corrected chi connectivity index (χ2v) is 7.75. The Morgan fingerprint density at radius 2 is 1.97 bits per heavy atom. The first kappa shape index (κ1) is 17.9. The average molecular weight is 412 g/mol. The summed E-state index contributed by atoms with van der Waals surface area (Å²) >= 11 is 0. The number of fused-ring (bicyclic) bond motifs is 5. The third-order valence-electron chi connectivity index (χ3n) is 5.81. The summed E-state index contributed by atoms with van der Waals surface area (Å²) in [7, 11) is 1.66. The molecule has 4 aromatic rings. The highest BCUT2D eigenvalue weighted by Crippen LogP contribution is 2.32. The Bertz CT molecular complexity index is 1320. The Balaban J connectivity index is 1.43. The van der Waals surface area contributed by atoms with Crippen molar-refractivity contribution in [2.45, 2.75) is 19.4 Å². The maximum absolute atomic E-state index is 6.01. The lowest BCUT2D eigenvalue weighted by Crippen LogP contribution is -2.08. The minimum atomic E-state index is -0.0637. The van der Waals surface area contributed by atoms with Gasteiger partial charge in [-0.05, 0) is 42.3 Å². The molecule has 154 valence electrons. The first-order chi connectivity index (χ1) is 15.2. The van der Waals surface area contributed by atoms with Crippen LogP contribution in [0.5, 0.6) is 5.75 Å². The summed E-state index contributed by atoms with van der Waals surface area (Å²) < 4.78 is 15.3. The molecule has 31 heavy (non-hydrogen) atoms. The van der Waals surface area contributed by atoms with Gasteiger partial charge in [0.2, 0.25) is 5.90 Å². The van der Waals surface area contributed by atoms with E-state index in [0.717, 1.165) is 45.3 Å². The van der Waals surface area contributed by atoms with Crippen LogP contribution in [0.1, 0.15) is 34.3 Å². The zero-order chi connectivity index (χ0) is 20.9. The van der Waals surface area contributed by atoms with Crippen molar-refractivity contribution in [2.24, 2.45) is 4.99 Å². The second-order valence-electron chi connectivity index (χ2n) is 7.75. The van der Waals surface area contributed by atoms with Crippen molar-refractivity contribution in [1.82, 2.24) is 24.5 Å². The van der Waals surface area contributed by atoms with Crippen LogP contribution in [0.2, 0.25) is 0 Å². The van der Waals surface area contributed by atoms with E-state index in [2.05, 4.69) is 40.0 Å². The summed E-state index contributed by atoms with van der Waals surface area (Å²) in [4.78, 5) is 9.54. The fraction of sp³-hybridized carbons (Fsp3) is 0.217. The topological polar surface area (TPSA) is 79.4 Å². The Morgan fingerprint density at radius 1 is 1.10 bits per heavy atom. The lowest BCUT2D eigenvalue weighted by molar-refractivity contribution is 0.319. The molecule has 0 N–H and O–H groups in total. The van der Waals surface area contributed by atoms with Gasteiger partial charge in [0, 0.05) is 6.42 Å². The van der Waals surface area contributed by atoms with Crippen molar-refractivity contribution in [3.05, 3.63) is 83.2 Å². The van der Waals surface area contributed by atoms with Crippen molar-refractivity contribution in [3.8, 4) is 17.1 Å². The quantitative estimate of drug-likeness (QED) is 0.455. The highest BCUT2D eigenvalue weighted by molar-refractivity contribution is 5.95. The summed E-state index contributed by atoms with van der Waals surface area (Å²) in [6.07, 6.45) is 4.27. The number of benzene rings is 2. The summed E-state index contributed by atoms with van der Waals surface area (Å²) in [5, 5.41) is 8.45. The van der Waals surface area contributed by atoms with E-state index in [0.29, 0.717) is 18.9 Å². The maximum Gasteiger partial charge on any atom is 0.238 e. The lowest BCUT2D eigenvalue weighted by atomic mass is 10.1. The van der Waals surface area contributed by atoms with Crippen LogP contribution in [-0.2, 0) is 11.2 Å². The molecule has 0 radical (unpaired) electrons. The monoisotopic (exact) mass is 412 g/mol. The number of imidazole rings is 1. The molecular weight excluding hydrogens is 392 g/mol. The number of aryl methyl sites for hydroxylation is 1. The van der Waals surface area contributed by atoms with Crippen LogP contribution in [0.15, 0.2) is 60.0 Å². The lowest BCUT2D eigenvalue weighted by Gasteiger charge is -2.10. The van der Waals surface area contributed by atoms with Gasteiger partial charge in [0.05, 0.1) is 36.1 Å². The predicted octanol–water partition coefficient (Wildman–Crippen LogP) is 3.19. The summed E-state index contributed by atoms with van der Waals surface area (Å²) in [5.74, 6) is 1.40. The molecule has 0 fully saturated rings. The Morgan fingerprint density at radius 3 is 2.81 bits per heavy atom. The minimum absolute atomic E-state index is 0.0637. The van der Waals surface area contributed by atoms with Gasteiger partial charge in [0.1, 0.15) is 30.4 Å². The third-order valence-corrected chi connectivity index (χ3v) is 5.81. The van der Waals surface area contributed by atoms with E-state index in [1.165, 1.54) is 0 Å². The molecule has 0 saturated carbocycles. The molecule has 2 aromatic carbocycles. The van der Waals surface area contributed by atoms with Crippen molar-refractivity contribution in [3.63, 3.8) is 0 Å². The molecule has 2 aliphatic heterocycles. The molecular formula is C23H20N6O2. The molecule has 0 aliphatic carbocycles. The van der Waals surface area contributed by atoms with Crippen LogP contribution in [0.4, 0.5) is 0 Å². The van der Waals surface area contributed by atoms with Crippen molar-refractivity contribution in [2.75, 3.05) is 13.7 Å². The number of aliphatic imine (C=N–C) groups is 1. The van der Waals surface area contributed by atoms with Crippen LogP contribution < -0.4 is 4.74 Å². The van der Waals surface area contributed by atoms with Gasteiger partial charge >= 0.3 is 0 Å². The molecule has 1 atom stereocenters. The highest BCUT2D eigenvalue weighted by atomic mass is 16.5. The Hall–Kier alpha value is -3.94. The van der Waals surface area contributed by atoms with E-state index >= 15 is 0 Å². The van der Waals surface area contributed by atoms with Gasteiger partial charge in [-0.1, -0.05) is 23.4 Å². The third kappa shape index (κ3) is 2.83. The zero-order valence-electron chi connectivity index (χ0n) is 17.2. The molecule has 6 rings (SSSR count). The van der Waals surface area contributed by atoms with Crippen molar-refractivity contribution >= 4 is 5.90 Å². The van der Waals surface area contributed by atoms with Gasteiger partial charge in [-0.25, -0.2) is 14.7 Å². The number of rotatable bonds is 3. The van der Waals surface area contributed by atoms with Gasteiger partial charge in [0.25, 0.3) is 0 Å². The molecule has 0 amide bonds. The fourth-order valence-electron chi connectivity index (χ4n) is 4.19. The van der Waals surface area contributed by atoms with Crippen LogP contribution in [0.3, 0.4) is 0 Å². The van der Waals surface area contributed by atoms with E-state index in [4.69, 9.17) is 19.5 Å². The summed E-state index contributed by atoms with van der Waals surface area (Å²) in [6.45, 7) is 2.56. The Labute approximate surface area is 178 Å². The van der Waals surface area contributed by atoms with E-state index < -0.39 is 0 Å². The standard InChI is InChI=1S/C23H20N6O2/c1-14-3-8-19-20(9-14)29-16(11-25-27-29)10-21-22(24-13-28(19)21)23-26-18(12-31-23)15-4-6-17(30-2)7-5-15/h3-9,11,13,18H,10,12H2,1-2H3/t18-/m0/s1. The first-order valence-electron chi connectivity index (χ1n) is 10.1. The van der Waals surface area contributed by atoms with E-state index in [1.54, 1.807) is 13.3 Å². The minimum Gasteiger partial charge on any atom is -0.497 e. The van der Waals surface area contributed by atoms with Gasteiger partial charge < -0.3 is 9.47 Å². The molecule has 0 unspecified atom stereocenters. The van der Waals surface area contributed by atoms with E-state index in [-0.39, 0.29) is 6.04 Å². The molecule has 0 saturated heterocycles. The van der Waals surface area contributed by atoms with E-state index in [1.807, 2.05) is 35.3 Å². The van der Waals surface area contributed by atoms with Crippen LogP contribution in [-0.4, -0.2) is 44.2 Å². The van der Waals surface area contributed by atoms with Crippen molar-refractivity contribution < 1.29 is 9.47 Å². The predicted molar refractivity (Wildman–Crippen MR) is 114 cm³/mol. The van der Waals surface area contributed by atoms with Gasteiger partial charge in [-0.2, -0.15) is 0 Å². The van der Waals surface area contributed by atoms with Crippen LogP contribution >= 0.6 is 0 Å². The molecule has 8 nitrogen and oxygen atoms in total. The number of methoxy groups -OCH3 is 1. The molecule has 2 aliphatic rings. The molecule has 0 bridgehead atoms. The SMILES string of the molecule is COc1ccc([C@@H]2COC(c3ncn4c3Cc3cnnn3-c3cc(C)ccc3-4)=N2)cc1. The highest BCUT2D eigenvalue weighted by Gasteiger charge is 2.29. The zero-order valence-corrected chi connectivity index (χ0v) is 17.2. The summed E-state index contributed by atoms with van der Waals surface area (Å²) in [5.41, 5.74) is 7.02. The first-order valence-corrected chi connectivity index (χ1v) is 10.1. The van der Waals surface area contributed by atoms with Crippen molar-refractivity contribution in [1.29, 1.82) is 0 Å². The van der Waals surface area contributed by atoms with Gasteiger partial charge in [-0.3, -0.25) is 4.57 Å². The van der Waals surface area contributed by atoms with Crippen LogP contribution in [0.25, 0.3) is 11.4 Å². The maximum atomic E-state index is 6.01. The molecule has 4 heterocycles. The molecule has 2 aromatic heterocycles. The Kier molecular flexibility index (Phi) is 3.92. The number of hydrogen-bond donors (Lipinski definition) is 0. The molecule has 8 heteroatoms. The molecule has 0 spiro atoms. The number of ether oxygens (including phenoxy) is 2. The fourth-order valence-corrected chi connectivity index (χ4v) is 4.19. The normalized spacial score (nSPS) is 16.6. The number of aromatic nitrogens is 5. The second kappa shape index (κ2) is 6.80. The summed E-state index contributed by atoms with van der Waals surface area (Å²) in [6, 6.07) is 14.2. The largest absolute Gasteiger partial charge is 0.497 e. The smallest absolute Gasteiger partial charge is 0.238 e. The average Bonchev–Trinajstić information content (AvgIpc) is 3.53. The number of hydrogen-bond acceptors (Lipinski definition) is 6. The van der Waals surface area contributed by atoms with E-state index in [9.17, 15) is 0 Å². The number of nitrogens with zero attached hydrogens (tertiary/aromatic N) is 6.